The summed E-state index contributed by atoms with van der Waals surface area (Å²) in [5, 5.41) is 12.3. The van der Waals surface area contributed by atoms with E-state index in [2.05, 4.69) is 10.1 Å². The smallest absolute Gasteiger partial charge is 0.348 e. The maximum atomic E-state index is 10.6. The summed E-state index contributed by atoms with van der Waals surface area (Å²) in [5.41, 5.74) is 1.24. The van der Waals surface area contributed by atoms with E-state index in [-0.39, 0.29) is 6.42 Å². The summed E-state index contributed by atoms with van der Waals surface area (Å²) in [5.74, 6) is -1.00. The monoisotopic (exact) mass is 192 g/mol. The number of hydrogen-bond donors (Lipinski definition) is 1. The largest absolute Gasteiger partial charge is 0.478 e. The number of aliphatic carboxylic acids is 1. The molecule has 1 N–H and O–H groups in total. The Labute approximate surface area is 80.0 Å². The molecular formula is C9H8N2O3. The van der Waals surface area contributed by atoms with Gasteiger partial charge in [0, 0.05) is 12.6 Å². The van der Waals surface area contributed by atoms with Crippen LogP contribution in [0.4, 0.5) is 0 Å². The van der Waals surface area contributed by atoms with Crippen molar-refractivity contribution in [3.8, 4) is 0 Å². The molecule has 0 bridgehead atoms. The van der Waals surface area contributed by atoms with Crippen molar-refractivity contribution in [2.75, 3.05) is 0 Å². The van der Waals surface area contributed by atoms with Gasteiger partial charge in [-0.2, -0.15) is 0 Å². The number of carboxylic acid groups (broad SMARTS) is 1. The van der Waals surface area contributed by atoms with Gasteiger partial charge in [0.05, 0.1) is 5.69 Å². The van der Waals surface area contributed by atoms with Crippen LogP contribution in [0.3, 0.4) is 0 Å². The van der Waals surface area contributed by atoms with E-state index in [1.165, 1.54) is 0 Å². The molecule has 14 heavy (non-hydrogen) atoms. The molecule has 1 aliphatic rings. The van der Waals surface area contributed by atoms with Crippen LogP contribution in [0.5, 0.6) is 0 Å². The zero-order valence-electron chi connectivity index (χ0n) is 7.25. The van der Waals surface area contributed by atoms with Gasteiger partial charge in [-0.1, -0.05) is 11.2 Å². The van der Waals surface area contributed by atoms with Crippen LogP contribution < -0.4 is 0 Å². The summed E-state index contributed by atoms with van der Waals surface area (Å²) in [4.78, 5) is 19.3. The Morgan fingerprint density at radius 2 is 2.43 bits per heavy atom. The second-order valence-electron chi connectivity index (χ2n) is 2.89. The molecule has 0 amide bonds. The first-order valence-corrected chi connectivity index (χ1v) is 4.14. The van der Waals surface area contributed by atoms with Crippen molar-refractivity contribution in [1.82, 2.24) is 4.98 Å². The van der Waals surface area contributed by atoms with Crippen LogP contribution in [-0.2, 0) is 9.63 Å². The standard InChI is InChI=1S/C9H8N2O3/c12-9(13)8-5-7(11-14-8)6-3-1-2-4-10-6/h1-4,8H,5H2,(H,12,13)/t8-/m1/s1. The number of hydrogen-bond acceptors (Lipinski definition) is 4. The normalized spacial score (nSPS) is 20.0. The minimum absolute atomic E-state index is 0.270. The molecular weight excluding hydrogens is 184 g/mol. The number of carbonyl (C=O) groups is 1. The van der Waals surface area contributed by atoms with Gasteiger partial charge in [0.15, 0.2) is 0 Å². The predicted octanol–water partition coefficient (Wildman–Crippen LogP) is 0.659. The summed E-state index contributed by atoms with van der Waals surface area (Å²) in [6.07, 6.45) is 1.03. The lowest BCUT2D eigenvalue weighted by Gasteiger charge is -1.99. The Morgan fingerprint density at radius 3 is 3.00 bits per heavy atom. The lowest BCUT2D eigenvalue weighted by molar-refractivity contribution is -0.148. The topological polar surface area (TPSA) is 71.8 Å². The molecule has 0 unspecified atom stereocenters. The van der Waals surface area contributed by atoms with E-state index < -0.39 is 12.1 Å². The van der Waals surface area contributed by atoms with Gasteiger partial charge in [-0.3, -0.25) is 4.98 Å². The second-order valence-corrected chi connectivity index (χ2v) is 2.89. The summed E-state index contributed by atoms with van der Waals surface area (Å²) in [6, 6.07) is 5.37. The predicted molar refractivity (Wildman–Crippen MR) is 47.9 cm³/mol. The highest BCUT2D eigenvalue weighted by atomic mass is 16.7. The molecule has 2 rings (SSSR count). The van der Waals surface area contributed by atoms with Gasteiger partial charge in [0.2, 0.25) is 6.10 Å². The molecule has 0 aromatic carbocycles. The third-order valence-electron chi connectivity index (χ3n) is 1.90. The average molecular weight is 192 g/mol. The lowest BCUT2D eigenvalue weighted by atomic mass is 10.1. The van der Waals surface area contributed by atoms with Crippen LogP contribution >= 0.6 is 0 Å². The third-order valence-corrected chi connectivity index (χ3v) is 1.90. The molecule has 1 aromatic heterocycles. The molecule has 0 saturated heterocycles. The molecule has 1 atom stereocenters. The molecule has 1 aromatic rings. The number of oxime groups is 1. The van der Waals surface area contributed by atoms with Crippen LogP contribution in [0.25, 0.3) is 0 Å². The van der Waals surface area contributed by atoms with Crippen molar-refractivity contribution in [2.45, 2.75) is 12.5 Å². The van der Waals surface area contributed by atoms with Gasteiger partial charge in [0.1, 0.15) is 5.71 Å². The molecule has 0 aliphatic carbocycles. The van der Waals surface area contributed by atoms with Gasteiger partial charge in [0.25, 0.3) is 0 Å². The Kier molecular flexibility index (Phi) is 2.14. The van der Waals surface area contributed by atoms with Crippen molar-refractivity contribution in [3.63, 3.8) is 0 Å². The first-order valence-electron chi connectivity index (χ1n) is 4.14. The van der Waals surface area contributed by atoms with E-state index in [0.717, 1.165) is 0 Å². The van der Waals surface area contributed by atoms with Gasteiger partial charge in [-0.15, -0.1) is 0 Å². The van der Waals surface area contributed by atoms with Crippen molar-refractivity contribution >= 4 is 11.7 Å². The fourth-order valence-corrected chi connectivity index (χ4v) is 1.19. The lowest BCUT2D eigenvalue weighted by Crippen LogP contribution is -2.20. The molecule has 1 aliphatic heterocycles. The Hall–Kier alpha value is -1.91. The van der Waals surface area contributed by atoms with Gasteiger partial charge >= 0.3 is 5.97 Å². The van der Waals surface area contributed by atoms with Gasteiger partial charge < -0.3 is 9.94 Å². The highest BCUT2D eigenvalue weighted by molar-refractivity contribution is 6.01. The first-order chi connectivity index (χ1) is 6.77. The van der Waals surface area contributed by atoms with E-state index in [1.54, 1.807) is 18.3 Å². The van der Waals surface area contributed by atoms with Crippen LogP contribution in [0.1, 0.15) is 12.1 Å². The Balaban J connectivity index is 2.13. The molecule has 0 radical (unpaired) electrons. The number of aromatic nitrogens is 1. The maximum absolute atomic E-state index is 10.6. The number of pyridine rings is 1. The number of carboxylic acids is 1. The SMILES string of the molecule is O=C(O)[C@H]1CC(c2ccccn2)=NO1. The van der Waals surface area contributed by atoms with Crippen molar-refractivity contribution in [3.05, 3.63) is 30.1 Å². The van der Waals surface area contributed by atoms with E-state index in [4.69, 9.17) is 9.94 Å². The fourth-order valence-electron chi connectivity index (χ4n) is 1.19. The summed E-state index contributed by atoms with van der Waals surface area (Å²) >= 11 is 0. The van der Waals surface area contributed by atoms with Gasteiger partial charge in [-0.05, 0) is 12.1 Å². The van der Waals surface area contributed by atoms with E-state index >= 15 is 0 Å². The Morgan fingerprint density at radius 1 is 1.57 bits per heavy atom. The Bertz CT molecular complexity index is 375. The minimum Gasteiger partial charge on any atom is -0.478 e. The molecule has 0 fully saturated rings. The van der Waals surface area contributed by atoms with E-state index in [9.17, 15) is 4.79 Å². The third kappa shape index (κ3) is 1.56. The highest BCUT2D eigenvalue weighted by Crippen LogP contribution is 2.14. The summed E-state index contributed by atoms with van der Waals surface area (Å²) < 4.78 is 0. The van der Waals surface area contributed by atoms with Crippen molar-refractivity contribution in [1.29, 1.82) is 0 Å². The van der Waals surface area contributed by atoms with Crippen LogP contribution in [0.2, 0.25) is 0 Å². The fraction of sp³-hybridized carbons (Fsp3) is 0.222. The summed E-state index contributed by atoms with van der Waals surface area (Å²) in [7, 11) is 0. The highest BCUT2D eigenvalue weighted by Gasteiger charge is 2.28. The molecule has 5 heteroatoms. The van der Waals surface area contributed by atoms with E-state index in [0.29, 0.717) is 11.4 Å². The zero-order chi connectivity index (χ0) is 9.97. The quantitative estimate of drug-likeness (QED) is 0.747. The second kappa shape index (κ2) is 3.45. The molecule has 72 valence electrons. The van der Waals surface area contributed by atoms with E-state index in [1.807, 2.05) is 6.07 Å². The van der Waals surface area contributed by atoms with Crippen molar-refractivity contribution in [2.24, 2.45) is 5.16 Å². The average Bonchev–Trinajstić information content (AvgIpc) is 2.68. The summed E-state index contributed by atoms with van der Waals surface area (Å²) in [6.45, 7) is 0. The molecule has 2 heterocycles. The van der Waals surface area contributed by atoms with Crippen LogP contribution in [0.15, 0.2) is 29.6 Å². The minimum atomic E-state index is -1.00. The zero-order valence-corrected chi connectivity index (χ0v) is 7.25. The van der Waals surface area contributed by atoms with Gasteiger partial charge in [-0.25, -0.2) is 4.79 Å². The molecule has 0 saturated carbocycles. The number of nitrogens with zero attached hydrogens (tertiary/aromatic N) is 2. The van der Waals surface area contributed by atoms with Crippen molar-refractivity contribution < 1.29 is 14.7 Å². The van der Waals surface area contributed by atoms with Crippen LogP contribution in [-0.4, -0.2) is 27.9 Å². The van der Waals surface area contributed by atoms with Crippen LogP contribution in [0, 0.1) is 0 Å². The first kappa shape index (κ1) is 8.68. The molecule has 5 nitrogen and oxygen atoms in total. The maximum Gasteiger partial charge on any atom is 0.348 e. The molecule has 0 spiro atoms. The number of rotatable bonds is 2.